The second-order valence-corrected chi connectivity index (χ2v) is 4.86. The lowest BCUT2D eigenvalue weighted by molar-refractivity contribution is 0.102. The van der Waals surface area contributed by atoms with Crippen molar-refractivity contribution in [3.63, 3.8) is 0 Å². The lowest BCUT2D eigenvalue weighted by Crippen LogP contribution is -2.13. The number of amides is 1. The van der Waals surface area contributed by atoms with E-state index in [2.05, 4.69) is 21.2 Å². The molecule has 18 heavy (non-hydrogen) atoms. The van der Waals surface area contributed by atoms with Gasteiger partial charge in [0.25, 0.3) is 5.91 Å². The molecule has 0 saturated carbocycles. The van der Waals surface area contributed by atoms with Crippen molar-refractivity contribution in [2.24, 2.45) is 0 Å². The smallest absolute Gasteiger partial charge is 0.258 e. The SMILES string of the molecule is Cc1cccc(NC(=O)c2cc(Br)ccc2F)c1. The Morgan fingerprint density at radius 3 is 2.72 bits per heavy atom. The van der Waals surface area contributed by atoms with Crippen LogP contribution in [-0.2, 0) is 0 Å². The molecule has 2 rings (SSSR count). The molecule has 0 heterocycles. The minimum atomic E-state index is -0.539. The number of halogens is 2. The van der Waals surface area contributed by atoms with Crippen LogP contribution in [-0.4, -0.2) is 5.91 Å². The summed E-state index contributed by atoms with van der Waals surface area (Å²) in [6.45, 7) is 1.93. The third kappa shape index (κ3) is 2.96. The molecule has 0 aliphatic carbocycles. The first kappa shape index (κ1) is 12.8. The highest BCUT2D eigenvalue weighted by atomic mass is 79.9. The summed E-state index contributed by atoms with van der Waals surface area (Å²) in [5.74, 6) is -0.997. The molecule has 0 spiro atoms. The molecule has 0 fully saturated rings. The van der Waals surface area contributed by atoms with Crippen molar-refractivity contribution >= 4 is 27.5 Å². The average Bonchev–Trinajstić information content (AvgIpc) is 2.32. The summed E-state index contributed by atoms with van der Waals surface area (Å²) in [7, 11) is 0. The predicted octanol–water partition coefficient (Wildman–Crippen LogP) is 4.15. The summed E-state index contributed by atoms with van der Waals surface area (Å²) < 4.78 is 14.2. The van der Waals surface area contributed by atoms with E-state index in [1.54, 1.807) is 12.1 Å². The van der Waals surface area contributed by atoms with Crippen molar-refractivity contribution in [1.82, 2.24) is 0 Å². The van der Waals surface area contributed by atoms with Crippen LogP contribution in [0.2, 0.25) is 0 Å². The van der Waals surface area contributed by atoms with Gasteiger partial charge in [0.1, 0.15) is 5.82 Å². The van der Waals surface area contributed by atoms with Gasteiger partial charge in [0.15, 0.2) is 0 Å². The highest BCUT2D eigenvalue weighted by molar-refractivity contribution is 9.10. The topological polar surface area (TPSA) is 29.1 Å². The van der Waals surface area contributed by atoms with Crippen molar-refractivity contribution in [3.8, 4) is 0 Å². The number of rotatable bonds is 2. The first-order chi connectivity index (χ1) is 8.56. The van der Waals surface area contributed by atoms with Crippen LogP contribution in [0, 0.1) is 12.7 Å². The van der Waals surface area contributed by atoms with Gasteiger partial charge in [-0.25, -0.2) is 4.39 Å². The van der Waals surface area contributed by atoms with Crippen molar-refractivity contribution in [2.45, 2.75) is 6.92 Å². The van der Waals surface area contributed by atoms with Crippen LogP contribution in [0.3, 0.4) is 0 Å². The second kappa shape index (κ2) is 5.31. The van der Waals surface area contributed by atoms with Crippen molar-refractivity contribution in [2.75, 3.05) is 5.32 Å². The van der Waals surface area contributed by atoms with Gasteiger partial charge >= 0.3 is 0 Å². The van der Waals surface area contributed by atoms with Crippen LogP contribution in [0.1, 0.15) is 15.9 Å². The van der Waals surface area contributed by atoms with E-state index in [9.17, 15) is 9.18 Å². The van der Waals surface area contributed by atoms with Crippen LogP contribution in [0.5, 0.6) is 0 Å². The summed E-state index contributed by atoms with van der Waals surface area (Å²) >= 11 is 3.21. The molecule has 92 valence electrons. The second-order valence-electron chi connectivity index (χ2n) is 3.95. The normalized spacial score (nSPS) is 10.2. The molecule has 0 aromatic heterocycles. The van der Waals surface area contributed by atoms with E-state index in [0.717, 1.165) is 5.56 Å². The summed E-state index contributed by atoms with van der Waals surface area (Å²) in [4.78, 5) is 11.9. The maximum Gasteiger partial charge on any atom is 0.258 e. The van der Waals surface area contributed by atoms with Crippen LogP contribution in [0.15, 0.2) is 46.9 Å². The van der Waals surface area contributed by atoms with Gasteiger partial charge in [-0.05, 0) is 42.8 Å². The zero-order valence-electron chi connectivity index (χ0n) is 9.71. The molecule has 4 heteroatoms. The summed E-state index contributed by atoms with van der Waals surface area (Å²) in [5, 5.41) is 2.67. The van der Waals surface area contributed by atoms with E-state index >= 15 is 0 Å². The fourth-order valence-corrected chi connectivity index (χ4v) is 1.95. The van der Waals surface area contributed by atoms with Crippen LogP contribution >= 0.6 is 15.9 Å². The molecule has 0 bridgehead atoms. The van der Waals surface area contributed by atoms with Crippen LogP contribution in [0.4, 0.5) is 10.1 Å². The first-order valence-electron chi connectivity index (χ1n) is 5.39. The quantitative estimate of drug-likeness (QED) is 0.887. The number of benzene rings is 2. The molecule has 2 aromatic carbocycles. The monoisotopic (exact) mass is 307 g/mol. The van der Waals surface area contributed by atoms with E-state index < -0.39 is 11.7 Å². The van der Waals surface area contributed by atoms with Crippen molar-refractivity contribution in [1.29, 1.82) is 0 Å². The number of hydrogen-bond acceptors (Lipinski definition) is 1. The third-order valence-corrected chi connectivity index (χ3v) is 2.94. The lowest BCUT2D eigenvalue weighted by atomic mass is 10.2. The Labute approximate surface area is 113 Å². The Morgan fingerprint density at radius 1 is 1.22 bits per heavy atom. The summed E-state index contributed by atoms with van der Waals surface area (Å²) in [6.07, 6.45) is 0. The molecule has 0 unspecified atom stereocenters. The Morgan fingerprint density at radius 2 is 2.00 bits per heavy atom. The van der Waals surface area contributed by atoms with E-state index in [1.807, 2.05) is 25.1 Å². The highest BCUT2D eigenvalue weighted by Crippen LogP contribution is 2.17. The van der Waals surface area contributed by atoms with E-state index in [-0.39, 0.29) is 5.56 Å². The average molecular weight is 308 g/mol. The standard InChI is InChI=1S/C14H11BrFNO/c1-9-3-2-4-11(7-9)17-14(18)12-8-10(15)5-6-13(12)16/h2-8H,1H3,(H,17,18). The molecule has 0 aliphatic rings. The highest BCUT2D eigenvalue weighted by Gasteiger charge is 2.12. The molecule has 0 radical (unpaired) electrons. The van der Waals surface area contributed by atoms with Gasteiger partial charge in [-0.2, -0.15) is 0 Å². The third-order valence-electron chi connectivity index (χ3n) is 2.45. The summed E-state index contributed by atoms with van der Waals surface area (Å²) in [6, 6.07) is 11.6. The van der Waals surface area contributed by atoms with Gasteiger partial charge in [0, 0.05) is 10.2 Å². The predicted molar refractivity (Wildman–Crippen MR) is 73.2 cm³/mol. The zero-order valence-corrected chi connectivity index (χ0v) is 11.3. The zero-order chi connectivity index (χ0) is 13.1. The fourth-order valence-electron chi connectivity index (χ4n) is 1.59. The van der Waals surface area contributed by atoms with Gasteiger partial charge in [-0.1, -0.05) is 28.1 Å². The molecule has 2 aromatic rings. The van der Waals surface area contributed by atoms with Gasteiger partial charge in [0.2, 0.25) is 0 Å². The number of carbonyl (C=O) groups is 1. The minimum absolute atomic E-state index is 0.0193. The number of hydrogen-bond donors (Lipinski definition) is 1. The molecule has 0 aliphatic heterocycles. The molecule has 1 amide bonds. The lowest BCUT2D eigenvalue weighted by Gasteiger charge is -2.07. The van der Waals surface area contributed by atoms with Crippen LogP contribution < -0.4 is 5.32 Å². The Kier molecular flexibility index (Phi) is 3.77. The molecule has 0 atom stereocenters. The Hall–Kier alpha value is -1.68. The molecule has 2 nitrogen and oxygen atoms in total. The number of nitrogens with one attached hydrogen (secondary N) is 1. The fraction of sp³-hybridized carbons (Fsp3) is 0.0714. The first-order valence-corrected chi connectivity index (χ1v) is 6.18. The molecule has 1 N–H and O–H groups in total. The molecular formula is C14H11BrFNO. The maximum absolute atomic E-state index is 13.5. The van der Waals surface area contributed by atoms with Gasteiger partial charge < -0.3 is 5.32 Å². The van der Waals surface area contributed by atoms with E-state index in [0.29, 0.717) is 10.2 Å². The van der Waals surface area contributed by atoms with Gasteiger partial charge in [-0.3, -0.25) is 4.79 Å². The summed E-state index contributed by atoms with van der Waals surface area (Å²) in [5.41, 5.74) is 1.70. The number of aryl methyl sites for hydroxylation is 1. The maximum atomic E-state index is 13.5. The molecular weight excluding hydrogens is 297 g/mol. The van der Waals surface area contributed by atoms with Crippen molar-refractivity contribution in [3.05, 3.63) is 63.9 Å². The van der Waals surface area contributed by atoms with E-state index in [4.69, 9.17) is 0 Å². The Bertz CT molecular complexity index is 598. The van der Waals surface area contributed by atoms with Gasteiger partial charge in [-0.15, -0.1) is 0 Å². The van der Waals surface area contributed by atoms with Gasteiger partial charge in [0.05, 0.1) is 5.56 Å². The van der Waals surface area contributed by atoms with Crippen molar-refractivity contribution < 1.29 is 9.18 Å². The van der Waals surface area contributed by atoms with Crippen LogP contribution in [0.25, 0.3) is 0 Å². The molecule has 0 saturated heterocycles. The number of carbonyl (C=O) groups excluding carboxylic acids is 1. The minimum Gasteiger partial charge on any atom is -0.322 e. The largest absolute Gasteiger partial charge is 0.322 e. The Balaban J connectivity index is 2.24. The number of anilines is 1. The van der Waals surface area contributed by atoms with E-state index in [1.165, 1.54) is 12.1 Å².